The molecule has 5 unspecified atom stereocenters. The number of hydrogen-bond acceptors (Lipinski definition) is 7. The molecule has 5 rings (SSSR count). The van der Waals surface area contributed by atoms with Crippen LogP contribution in [0.15, 0.2) is 11.6 Å². The fourth-order valence-electron chi connectivity index (χ4n) is 8.09. The molecule has 4 aliphatic carbocycles. The maximum Gasteiger partial charge on any atom is 0.345 e. The molecule has 8 heteroatoms. The molecule has 8 atom stereocenters. The van der Waals surface area contributed by atoms with Crippen molar-refractivity contribution in [2.24, 2.45) is 28.6 Å². The minimum absolute atomic E-state index is 0.00475. The molecule has 1 saturated heterocycles. The van der Waals surface area contributed by atoms with Gasteiger partial charge in [0.25, 0.3) is 0 Å². The molecular weight excluding hydrogens is 432 g/mol. The predicted octanol–water partition coefficient (Wildman–Crippen LogP) is 2.89. The van der Waals surface area contributed by atoms with Crippen LogP contribution in [0.3, 0.4) is 0 Å². The number of ether oxygens (including phenoxy) is 1. The summed E-state index contributed by atoms with van der Waals surface area (Å²) in [7, 11) is 0. The first-order chi connectivity index (χ1) is 15.0. The van der Waals surface area contributed by atoms with E-state index in [1.807, 2.05) is 0 Å². The van der Waals surface area contributed by atoms with Crippen LogP contribution in [0, 0.1) is 28.6 Å². The van der Waals surface area contributed by atoms with E-state index in [4.69, 9.17) is 4.74 Å². The lowest BCUT2D eigenvalue weighted by atomic mass is 9.45. The van der Waals surface area contributed by atoms with Crippen LogP contribution in [0.5, 0.6) is 0 Å². The van der Waals surface area contributed by atoms with E-state index in [0.717, 1.165) is 12.0 Å². The molecule has 174 valence electrons. The number of carboxylic acid groups (broad SMARTS) is 1. The van der Waals surface area contributed by atoms with E-state index in [9.17, 15) is 29.4 Å². The summed E-state index contributed by atoms with van der Waals surface area (Å²) >= 11 is 1.29. The van der Waals surface area contributed by atoms with Crippen LogP contribution in [0.1, 0.15) is 65.2 Å². The molecule has 0 aromatic heterocycles. The third-order valence-corrected chi connectivity index (χ3v) is 10.6. The Morgan fingerprint density at radius 1 is 1.16 bits per heavy atom. The van der Waals surface area contributed by atoms with Gasteiger partial charge in [-0.3, -0.25) is 14.4 Å². The summed E-state index contributed by atoms with van der Waals surface area (Å²) in [6, 6.07) is 0. The van der Waals surface area contributed by atoms with E-state index in [2.05, 4.69) is 6.92 Å². The molecule has 32 heavy (non-hydrogen) atoms. The van der Waals surface area contributed by atoms with Gasteiger partial charge in [0, 0.05) is 25.0 Å². The quantitative estimate of drug-likeness (QED) is 0.602. The van der Waals surface area contributed by atoms with Gasteiger partial charge in [-0.2, -0.15) is 0 Å². The Hall–Kier alpha value is -1.67. The minimum atomic E-state index is -1.40. The third-order valence-electron chi connectivity index (χ3n) is 9.47. The molecule has 3 saturated carbocycles. The van der Waals surface area contributed by atoms with Gasteiger partial charge in [-0.05, 0) is 67.8 Å². The zero-order valence-corrected chi connectivity index (χ0v) is 19.3. The third kappa shape index (κ3) is 2.84. The standard InChI is InChI=1S/C24H30O7S/c1-12(25)32-18-10-13-9-14(26)3-6-22(13,2)15-5-8-24-16(19(15)18)4-7-23(24,30)11-17(20(27)28)31-21(24)29/h9,15-19,30H,3-8,10-11H2,1-2H3,(H,27,28)/t15?,16?,17?,18?,19?,22-,23+,24-/m0/s1. The van der Waals surface area contributed by atoms with Crippen LogP contribution in [-0.4, -0.2) is 50.0 Å². The number of thioether (sulfide) groups is 1. The molecular formula is C24H30O7S. The van der Waals surface area contributed by atoms with Crippen LogP contribution >= 0.6 is 11.8 Å². The van der Waals surface area contributed by atoms with Crippen molar-refractivity contribution >= 4 is 34.6 Å². The Bertz CT molecular complexity index is 943. The Labute approximate surface area is 191 Å². The second kappa shape index (κ2) is 7.16. The molecule has 0 bridgehead atoms. The second-order valence-corrected chi connectivity index (χ2v) is 12.1. The Morgan fingerprint density at radius 3 is 2.56 bits per heavy atom. The van der Waals surface area contributed by atoms with E-state index in [1.165, 1.54) is 11.8 Å². The van der Waals surface area contributed by atoms with Gasteiger partial charge in [-0.15, -0.1) is 0 Å². The summed E-state index contributed by atoms with van der Waals surface area (Å²) in [4.78, 5) is 49.3. The van der Waals surface area contributed by atoms with Crippen LogP contribution in [-0.2, 0) is 23.9 Å². The normalized spacial score (nSPS) is 47.3. The van der Waals surface area contributed by atoms with Crippen LogP contribution in [0.25, 0.3) is 0 Å². The first-order valence-corrected chi connectivity index (χ1v) is 12.5. The SMILES string of the molecule is CC(=O)SC1CC2=CC(=O)CC[C@]2(C)C2CC[C@]34C(=O)OC(C(=O)O)C[C@]3(O)CCC4C12. The molecule has 0 radical (unpaired) electrons. The average Bonchev–Trinajstić information content (AvgIpc) is 3.03. The van der Waals surface area contributed by atoms with E-state index in [-0.39, 0.29) is 45.7 Å². The fraction of sp³-hybridized carbons (Fsp3) is 0.750. The van der Waals surface area contributed by atoms with Gasteiger partial charge in [0.1, 0.15) is 0 Å². The number of fused-ring (bicyclic) bond motifs is 4. The van der Waals surface area contributed by atoms with Gasteiger partial charge >= 0.3 is 11.9 Å². The highest BCUT2D eigenvalue weighted by Crippen LogP contribution is 2.70. The van der Waals surface area contributed by atoms with E-state index in [0.29, 0.717) is 38.5 Å². The number of carbonyl (C=O) groups excluding carboxylic acids is 3. The average molecular weight is 463 g/mol. The highest BCUT2D eigenvalue weighted by molar-refractivity contribution is 8.14. The summed E-state index contributed by atoms with van der Waals surface area (Å²) in [5.74, 6) is -1.61. The van der Waals surface area contributed by atoms with Crippen molar-refractivity contribution in [2.45, 2.75) is 82.2 Å². The van der Waals surface area contributed by atoms with Gasteiger partial charge in [0.05, 0.1) is 11.0 Å². The predicted molar refractivity (Wildman–Crippen MR) is 116 cm³/mol. The second-order valence-electron chi connectivity index (χ2n) is 10.7. The number of hydrogen-bond donors (Lipinski definition) is 2. The molecule has 4 fully saturated rings. The summed E-state index contributed by atoms with van der Waals surface area (Å²) in [5, 5.41) is 21.0. The van der Waals surface area contributed by atoms with E-state index < -0.39 is 29.1 Å². The molecule has 5 aliphatic rings. The Kier molecular flexibility index (Phi) is 4.95. The summed E-state index contributed by atoms with van der Waals surface area (Å²) in [6.07, 6.45) is 4.42. The van der Waals surface area contributed by atoms with Gasteiger partial charge in [-0.25, -0.2) is 4.79 Å². The maximum atomic E-state index is 13.4. The molecule has 0 amide bonds. The van der Waals surface area contributed by atoms with E-state index >= 15 is 0 Å². The highest BCUT2D eigenvalue weighted by Gasteiger charge is 2.73. The van der Waals surface area contributed by atoms with Crippen molar-refractivity contribution < 1.29 is 34.1 Å². The number of carbonyl (C=O) groups is 4. The monoisotopic (exact) mass is 462 g/mol. The summed E-state index contributed by atoms with van der Waals surface area (Å²) < 4.78 is 5.40. The lowest BCUT2D eigenvalue weighted by molar-refractivity contribution is -0.224. The van der Waals surface area contributed by atoms with Crippen molar-refractivity contribution in [3.63, 3.8) is 0 Å². The Morgan fingerprint density at radius 2 is 1.88 bits per heavy atom. The molecule has 0 aromatic rings. The van der Waals surface area contributed by atoms with Gasteiger partial charge in [0.2, 0.25) is 6.10 Å². The van der Waals surface area contributed by atoms with Crippen molar-refractivity contribution in [1.82, 2.24) is 0 Å². The molecule has 0 aromatic carbocycles. The number of aliphatic hydroxyl groups is 1. The van der Waals surface area contributed by atoms with Crippen molar-refractivity contribution in [3.8, 4) is 0 Å². The zero-order valence-electron chi connectivity index (χ0n) is 18.5. The lowest BCUT2D eigenvalue weighted by Crippen LogP contribution is -2.65. The van der Waals surface area contributed by atoms with Crippen LogP contribution in [0.2, 0.25) is 0 Å². The zero-order chi connectivity index (χ0) is 23.1. The molecule has 1 aliphatic heterocycles. The summed E-state index contributed by atoms with van der Waals surface area (Å²) in [6.45, 7) is 3.76. The Balaban J connectivity index is 1.58. The van der Waals surface area contributed by atoms with Gasteiger partial charge in [0.15, 0.2) is 10.9 Å². The number of esters is 1. The first-order valence-electron chi connectivity index (χ1n) is 11.6. The maximum absolute atomic E-state index is 13.4. The smallest absolute Gasteiger partial charge is 0.345 e. The number of rotatable bonds is 2. The summed E-state index contributed by atoms with van der Waals surface area (Å²) in [5.41, 5.74) is -1.55. The highest BCUT2D eigenvalue weighted by atomic mass is 32.2. The number of allylic oxidation sites excluding steroid dienone is 1. The molecule has 1 heterocycles. The topological polar surface area (TPSA) is 118 Å². The first kappa shape index (κ1) is 22.1. The van der Waals surface area contributed by atoms with Crippen molar-refractivity contribution in [1.29, 1.82) is 0 Å². The van der Waals surface area contributed by atoms with Crippen molar-refractivity contribution in [2.75, 3.05) is 0 Å². The number of cyclic esters (lactones) is 1. The van der Waals surface area contributed by atoms with Crippen LogP contribution < -0.4 is 0 Å². The molecule has 1 spiro atoms. The van der Waals surface area contributed by atoms with E-state index in [1.54, 1.807) is 13.0 Å². The van der Waals surface area contributed by atoms with Crippen molar-refractivity contribution in [3.05, 3.63) is 11.6 Å². The van der Waals surface area contributed by atoms with Gasteiger partial charge < -0.3 is 14.9 Å². The number of ketones is 1. The number of carboxylic acids is 1. The fourth-order valence-corrected chi connectivity index (χ4v) is 9.32. The largest absolute Gasteiger partial charge is 0.479 e. The lowest BCUT2D eigenvalue weighted by Gasteiger charge is -2.61. The van der Waals surface area contributed by atoms with Gasteiger partial charge in [-0.1, -0.05) is 24.3 Å². The molecule has 7 nitrogen and oxygen atoms in total. The minimum Gasteiger partial charge on any atom is -0.479 e. The number of aliphatic carboxylic acids is 1. The molecule has 2 N–H and O–H groups in total. The van der Waals surface area contributed by atoms with Crippen LogP contribution in [0.4, 0.5) is 0 Å².